The van der Waals surface area contributed by atoms with Crippen LogP contribution in [0.5, 0.6) is 0 Å². The second-order valence-electron chi connectivity index (χ2n) is 7.76. The summed E-state index contributed by atoms with van der Waals surface area (Å²) >= 11 is 3.45. The predicted octanol–water partition coefficient (Wildman–Crippen LogP) is 3.84. The molecule has 27 heavy (non-hydrogen) atoms. The van der Waals surface area contributed by atoms with Gasteiger partial charge in [-0.15, -0.1) is 0 Å². The number of rotatable bonds is 4. The number of amides is 1. The van der Waals surface area contributed by atoms with Crippen LogP contribution >= 0.6 is 15.9 Å². The highest BCUT2D eigenvalue weighted by Gasteiger charge is 2.33. The van der Waals surface area contributed by atoms with Crippen molar-refractivity contribution < 1.29 is 4.79 Å². The lowest BCUT2D eigenvalue weighted by Crippen LogP contribution is -2.51. The minimum absolute atomic E-state index is 0.0266. The highest BCUT2D eigenvalue weighted by atomic mass is 79.9. The molecule has 3 heterocycles. The third kappa shape index (κ3) is 4.11. The Hall–Kier alpha value is -1.66. The lowest BCUT2D eigenvalue weighted by molar-refractivity contribution is 0.0574. The first-order valence-electron chi connectivity index (χ1n) is 9.94. The number of hydrogen-bond acceptors (Lipinski definition) is 3. The van der Waals surface area contributed by atoms with Gasteiger partial charge in [-0.1, -0.05) is 34.5 Å². The number of nitrogens with zero attached hydrogens (tertiary/aromatic N) is 3. The molecule has 1 aromatic carbocycles. The molecule has 1 aromatic heterocycles. The van der Waals surface area contributed by atoms with Gasteiger partial charge in [0, 0.05) is 29.7 Å². The van der Waals surface area contributed by atoms with Crippen molar-refractivity contribution in [1.29, 1.82) is 0 Å². The molecule has 2 fully saturated rings. The van der Waals surface area contributed by atoms with E-state index >= 15 is 0 Å². The van der Waals surface area contributed by atoms with Gasteiger partial charge in [-0.2, -0.15) is 5.10 Å². The van der Waals surface area contributed by atoms with E-state index in [2.05, 4.69) is 31.2 Å². The maximum absolute atomic E-state index is 12.8. The Morgan fingerprint density at radius 2 is 1.96 bits per heavy atom. The average Bonchev–Trinajstić information content (AvgIpc) is 3.08. The van der Waals surface area contributed by atoms with Crippen molar-refractivity contribution in [3.05, 3.63) is 40.5 Å². The molecule has 2 aliphatic heterocycles. The summed E-state index contributed by atoms with van der Waals surface area (Å²) in [6.07, 6.45) is 6.39. The van der Waals surface area contributed by atoms with Crippen LogP contribution < -0.4 is 5.32 Å². The van der Waals surface area contributed by atoms with Crippen LogP contribution in [0.4, 0.5) is 0 Å². The topological polar surface area (TPSA) is 50.2 Å². The highest BCUT2D eigenvalue weighted by molar-refractivity contribution is 9.10. The Bertz CT molecular complexity index is 799. The standard InChI is InChI=1S/C21H27BrN4O/c1-25-20(13-18(24-25)15-7-9-17(22)10-8-15)21(27)23-14-16-5-4-12-26-11-3-2-6-19(16)26/h7-10,13,16,19H,2-6,11-12,14H2,1H3,(H,23,27)/t16-,19+/m0/s1. The Balaban J connectivity index is 1.42. The first-order valence-corrected chi connectivity index (χ1v) is 10.7. The van der Waals surface area contributed by atoms with Gasteiger partial charge in [-0.25, -0.2) is 0 Å². The van der Waals surface area contributed by atoms with E-state index in [1.165, 1.54) is 45.2 Å². The molecule has 0 spiro atoms. The van der Waals surface area contributed by atoms with E-state index in [0.717, 1.165) is 22.3 Å². The van der Waals surface area contributed by atoms with Crippen molar-refractivity contribution in [2.45, 2.75) is 38.1 Å². The van der Waals surface area contributed by atoms with Gasteiger partial charge in [0.05, 0.1) is 5.69 Å². The zero-order chi connectivity index (χ0) is 18.8. The van der Waals surface area contributed by atoms with Crippen molar-refractivity contribution in [2.75, 3.05) is 19.6 Å². The van der Waals surface area contributed by atoms with Crippen LogP contribution in [0.2, 0.25) is 0 Å². The molecule has 5 nitrogen and oxygen atoms in total. The van der Waals surface area contributed by atoms with Crippen LogP contribution in [0.15, 0.2) is 34.8 Å². The zero-order valence-electron chi connectivity index (χ0n) is 15.8. The molecule has 4 rings (SSSR count). The molecule has 2 atom stereocenters. The van der Waals surface area contributed by atoms with Crippen molar-refractivity contribution in [3.8, 4) is 11.3 Å². The Morgan fingerprint density at radius 3 is 2.78 bits per heavy atom. The van der Waals surface area contributed by atoms with Crippen LogP contribution in [0.25, 0.3) is 11.3 Å². The smallest absolute Gasteiger partial charge is 0.269 e. The van der Waals surface area contributed by atoms with Gasteiger partial charge < -0.3 is 10.2 Å². The molecule has 1 N–H and O–H groups in total. The number of hydrogen-bond donors (Lipinski definition) is 1. The number of fused-ring (bicyclic) bond motifs is 1. The lowest BCUT2D eigenvalue weighted by Gasteiger charge is -2.44. The minimum Gasteiger partial charge on any atom is -0.350 e. The Morgan fingerprint density at radius 1 is 1.19 bits per heavy atom. The van der Waals surface area contributed by atoms with E-state index in [9.17, 15) is 4.79 Å². The molecule has 0 saturated carbocycles. The third-order valence-electron chi connectivity index (χ3n) is 6.01. The first-order chi connectivity index (χ1) is 13.1. The second kappa shape index (κ2) is 8.15. The van der Waals surface area contributed by atoms with Crippen molar-refractivity contribution in [3.63, 3.8) is 0 Å². The largest absolute Gasteiger partial charge is 0.350 e. The van der Waals surface area contributed by atoms with Crippen LogP contribution in [0.1, 0.15) is 42.6 Å². The molecule has 1 amide bonds. The van der Waals surface area contributed by atoms with E-state index in [1.807, 2.05) is 37.4 Å². The van der Waals surface area contributed by atoms with Crippen LogP contribution in [0.3, 0.4) is 0 Å². The van der Waals surface area contributed by atoms with Crippen LogP contribution in [0, 0.1) is 5.92 Å². The zero-order valence-corrected chi connectivity index (χ0v) is 17.4. The summed E-state index contributed by atoms with van der Waals surface area (Å²) < 4.78 is 2.71. The number of aryl methyl sites for hydroxylation is 1. The molecule has 0 bridgehead atoms. The number of halogens is 1. The predicted molar refractivity (Wildman–Crippen MR) is 111 cm³/mol. The number of benzene rings is 1. The fraction of sp³-hybridized carbons (Fsp3) is 0.524. The number of nitrogens with one attached hydrogen (secondary N) is 1. The summed E-state index contributed by atoms with van der Waals surface area (Å²) in [5.74, 6) is 0.545. The van der Waals surface area contributed by atoms with Gasteiger partial charge in [0.1, 0.15) is 5.69 Å². The summed E-state index contributed by atoms with van der Waals surface area (Å²) in [4.78, 5) is 15.4. The molecule has 2 saturated heterocycles. The highest BCUT2D eigenvalue weighted by Crippen LogP contribution is 2.30. The third-order valence-corrected chi connectivity index (χ3v) is 6.53. The molecular weight excluding hydrogens is 404 g/mol. The molecule has 2 aromatic rings. The molecule has 6 heteroatoms. The fourth-order valence-electron chi connectivity index (χ4n) is 4.57. The first kappa shape index (κ1) is 18.7. The Kier molecular flexibility index (Phi) is 5.64. The molecule has 2 aliphatic rings. The van der Waals surface area contributed by atoms with Crippen LogP contribution in [-0.2, 0) is 7.05 Å². The fourth-order valence-corrected chi connectivity index (χ4v) is 4.84. The number of carbonyl (C=O) groups excluding carboxylic acids is 1. The van der Waals surface area contributed by atoms with Gasteiger partial charge in [0.2, 0.25) is 0 Å². The van der Waals surface area contributed by atoms with E-state index < -0.39 is 0 Å². The molecule has 144 valence electrons. The maximum atomic E-state index is 12.8. The summed E-state index contributed by atoms with van der Waals surface area (Å²) in [7, 11) is 1.83. The average molecular weight is 431 g/mol. The van der Waals surface area contributed by atoms with E-state index in [-0.39, 0.29) is 5.91 Å². The van der Waals surface area contributed by atoms with Crippen molar-refractivity contribution in [1.82, 2.24) is 20.0 Å². The monoisotopic (exact) mass is 430 g/mol. The normalized spacial score (nSPS) is 23.0. The van der Waals surface area contributed by atoms with E-state index in [1.54, 1.807) is 4.68 Å². The maximum Gasteiger partial charge on any atom is 0.269 e. The summed E-state index contributed by atoms with van der Waals surface area (Å²) in [6, 6.07) is 10.5. The van der Waals surface area contributed by atoms with Crippen molar-refractivity contribution in [2.24, 2.45) is 13.0 Å². The summed E-state index contributed by atoms with van der Waals surface area (Å²) in [5.41, 5.74) is 2.45. The SMILES string of the molecule is Cn1nc(-c2ccc(Br)cc2)cc1C(=O)NC[C@@H]1CCCN2CCCC[C@H]12. The summed E-state index contributed by atoms with van der Waals surface area (Å²) in [5, 5.41) is 7.71. The van der Waals surface area contributed by atoms with Gasteiger partial charge in [0.25, 0.3) is 5.91 Å². The quantitative estimate of drug-likeness (QED) is 0.801. The van der Waals surface area contributed by atoms with Gasteiger partial charge in [-0.3, -0.25) is 9.48 Å². The van der Waals surface area contributed by atoms with Crippen LogP contribution in [-0.4, -0.2) is 46.3 Å². The number of piperidine rings is 2. The molecule has 0 aliphatic carbocycles. The van der Waals surface area contributed by atoms with E-state index in [0.29, 0.717) is 17.7 Å². The molecule has 0 unspecified atom stereocenters. The summed E-state index contributed by atoms with van der Waals surface area (Å²) in [6.45, 7) is 3.22. The van der Waals surface area contributed by atoms with Gasteiger partial charge >= 0.3 is 0 Å². The number of aromatic nitrogens is 2. The van der Waals surface area contributed by atoms with Gasteiger partial charge in [0.15, 0.2) is 0 Å². The minimum atomic E-state index is -0.0266. The second-order valence-corrected chi connectivity index (χ2v) is 8.67. The molecular formula is C21H27BrN4O. The molecule has 0 radical (unpaired) electrons. The van der Waals surface area contributed by atoms with Gasteiger partial charge in [-0.05, 0) is 62.9 Å². The van der Waals surface area contributed by atoms with Crippen molar-refractivity contribution >= 4 is 21.8 Å². The van der Waals surface area contributed by atoms with E-state index in [4.69, 9.17) is 0 Å². The Labute approximate surface area is 169 Å². The lowest BCUT2D eigenvalue weighted by atomic mass is 9.83. The number of carbonyl (C=O) groups is 1.